The number of nitrogens with zero attached hydrogens (tertiary/aromatic N) is 4. The van der Waals surface area contributed by atoms with Crippen molar-refractivity contribution in [3.8, 4) is 5.69 Å². The van der Waals surface area contributed by atoms with Crippen molar-refractivity contribution >= 4 is 17.7 Å². The molecule has 1 amide bonds. The standard InChI is InChI=1S/C18H20ClN5O2/c1-26-17(25)23-7-11-4-13(19)2-3-14(11)24-15(8-23)21-22-16(24)12-5-18(6-12)9-20-10-18/h2-4,12,20H,5-10H2,1H3. The number of ether oxygens (including phenoxy) is 1. The van der Waals surface area contributed by atoms with E-state index in [1.54, 1.807) is 4.90 Å². The molecule has 1 aliphatic carbocycles. The van der Waals surface area contributed by atoms with Gasteiger partial charge in [-0.05, 0) is 42.0 Å². The maximum atomic E-state index is 12.2. The van der Waals surface area contributed by atoms with E-state index in [1.807, 2.05) is 18.2 Å². The molecular formula is C18H20ClN5O2. The highest BCUT2D eigenvalue weighted by Gasteiger charge is 2.50. The minimum atomic E-state index is -0.378. The summed E-state index contributed by atoms with van der Waals surface area (Å²) in [5.74, 6) is 2.17. The lowest BCUT2D eigenvalue weighted by Gasteiger charge is -2.54. The highest BCUT2D eigenvalue weighted by atomic mass is 35.5. The summed E-state index contributed by atoms with van der Waals surface area (Å²) in [6.07, 6.45) is 1.90. The van der Waals surface area contributed by atoms with Crippen LogP contribution in [-0.4, -0.2) is 46.0 Å². The summed E-state index contributed by atoms with van der Waals surface area (Å²) >= 11 is 6.21. The first kappa shape index (κ1) is 16.1. The van der Waals surface area contributed by atoms with Crippen LogP contribution >= 0.6 is 11.6 Å². The van der Waals surface area contributed by atoms with Gasteiger partial charge in [-0.25, -0.2) is 4.79 Å². The zero-order valence-electron chi connectivity index (χ0n) is 14.5. The monoisotopic (exact) mass is 373 g/mol. The molecule has 26 heavy (non-hydrogen) atoms. The van der Waals surface area contributed by atoms with Crippen LogP contribution in [-0.2, 0) is 17.8 Å². The molecule has 5 rings (SSSR count). The molecule has 1 N–H and O–H groups in total. The summed E-state index contributed by atoms with van der Waals surface area (Å²) < 4.78 is 7.05. The van der Waals surface area contributed by atoms with Gasteiger partial charge in [0.1, 0.15) is 5.82 Å². The summed E-state index contributed by atoms with van der Waals surface area (Å²) in [6, 6.07) is 5.78. The lowest BCUT2D eigenvalue weighted by atomic mass is 9.58. The number of fused-ring (bicyclic) bond motifs is 3. The molecule has 1 saturated carbocycles. The van der Waals surface area contributed by atoms with Crippen molar-refractivity contribution in [1.29, 1.82) is 0 Å². The average Bonchev–Trinajstić information content (AvgIpc) is 2.87. The normalized spacial score (nSPS) is 20.6. The van der Waals surface area contributed by atoms with Crippen LogP contribution in [0.5, 0.6) is 0 Å². The van der Waals surface area contributed by atoms with Gasteiger partial charge in [0.2, 0.25) is 0 Å². The fourth-order valence-electron chi connectivity index (χ4n) is 4.48. The minimum Gasteiger partial charge on any atom is -0.453 e. The number of hydrogen-bond donors (Lipinski definition) is 1. The molecule has 0 unspecified atom stereocenters. The van der Waals surface area contributed by atoms with Crippen molar-refractivity contribution in [2.45, 2.75) is 31.8 Å². The second-order valence-electron chi connectivity index (χ2n) is 7.62. The summed E-state index contributed by atoms with van der Waals surface area (Å²) in [6.45, 7) is 3.01. The van der Waals surface area contributed by atoms with Gasteiger partial charge in [-0.15, -0.1) is 10.2 Å². The van der Waals surface area contributed by atoms with Gasteiger partial charge in [-0.3, -0.25) is 9.47 Å². The molecule has 136 valence electrons. The van der Waals surface area contributed by atoms with Gasteiger partial charge in [0.15, 0.2) is 5.82 Å². The van der Waals surface area contributed by atoms with E-state index in [9.17, 15) is 4.79 Å². The molecule has 7 nitrogen and oxygen atoms in total. The number of amides is 1. The highest BCUT2D eigenvalue weighted by Crippen LogP contribution is 2.53. The molecule has 0 atom stereocenters. The van der Waals surface area contributed by atoms with Crippen molar-refractivity contribution < 1.29 is 9.53 Å². The largest absolute Gasteiger partial charge is 0.453 e. The van der Waals surface area contributed by atoms with Crippen LogP contribution in [0, 0.1) is 5.41 Å². The third-order valence-corrected chi connectivity index (χ3v) is 6.12. The molecule has 0 radical (unpaired) electrons. The molecule has 2 aliphatic heterocycles. The molecule has 1 aromatic carbocycles. The Bertz CT molecular complexity index is 884. The minimum absolute atomic E-state index is 0.366. The Hall–Kier alpha value is -2.12. The van der Waals surface area contributed by atoms with Crippen molar-refractivity contribution in [3.05, 3.63) is 40.4 Å². The first-order valence-corrected chi connectivity index (χ1v) is 9.23. The summed E-state index contributed by atoms with van der Waals surface area (Å²) in [4.78, 5) is 13.8. The van der Waals surface area contributed by atoms with Crippen LogP contribution in [0.2, 0.25) is 5.02 Å². The topological polar surface area (TPSA) is 72.3 Å². The Balaban J connectivity index is 1.57. The highest BCUT2D eigenvalue weighted by molar-refractivity contribution is 6.30. The van der Waals surface area contributed by atoms with Crippen LogP contribution in [0.4, 0.5) is 4.79 Å². The zero-order chi connectivity index (χ0) is 17.9. The second kappa shape index (κ2) is 5.69. The number of nitrogens with one attached hydrogen (secondary N) is 1. The van der Waals surface area contributed by atoms with Gasteiger partial charge in [0.05, 0.1) is 25.9 Å². The van der Waals surface area contributed by atoms with Gasteiger partial charge in [-0.2, -0.15) is 0 Å². The number of halogens is 1. The maximum Gasteiger partial charge on any atom is 0.410 e. The molecule has 8 heteroatoms. The molecule has 2 fully saturated rings. The van der Waals surface area contributed by atoms with Crippen molar-refractivity contribution in [2.24, 2.45) is 5.41 Å². The Morgan fingerprint density at radius 2 is 2.12 bits per heavy atom. The third-order valence-electron chi connectivity index (χ3n) is 5.89. The molecule has 0 bridgehead atoms. The summed E-state index contributed by atoms with van der Waals surface area (Å²) in [5.41, 5.74) is 2.44. The van der Waals surface area contributed by atoms with Gasteiger partial charge in [0.25, 0.3) is 0 Å². The number of aromatic nitrogens is 3. The second-order valence-corrected chi connectivity index (χ2v) is 8.05. The molecule has 1 spiro atoms. The molecule has 1 saturated heterocycles. The van der Waals surface area contributed by atoms with E-state index in [1.165, 1.54) is 7.11 Å². The number of methoxy groups -OCH3 is 1. The first-order chi connectivity index (χ1) is 12.6. The zero-order valence-corrected chi connectivity index (χ0v) is 15.3. The van der Waals surface area contributed by atoms with E-state index < -0.39 is 0 Å². The lowest BCUT2D eigenvalue weighted by Crippen LogP contribution is -2.59. The fourth-order valence-corrected chi connectivity index (χ4v) is 4.68. The van der Waals surface area contributed by atoms with Crippen LogP contribution < -0.4 is 5.32 Å². The third kappa shape index (κ3) is 2.34. The number of hydrogen-bond acceptors (Lipinski definition) is 5. The predicted molar refractivity (Wildman–Crippen MR) is 95.3 cm³/mol. The molecule has 1 aromatic heterocycles. The van der Waals surface area contributed by atoms with Crippen LogP contribution in [0.1, 0.15) is 36.0 Å². The van der Waals surface area contributed by atoms with Crippen molar-refractivity contribution in [1.82, 2.24) is 25.0 Å². The lowest BCUT2D eigenvalue weighted by molar-refractivity contribution is 0.0323. The van der Waals surface area contributed by atoms with E-state index >= 15 is 0 Å². The number of benzene rings is 1. The van der Waals surface area contributed by atoms with E-state index in [0.717, 1.165) is 48.8 Å². The molecule has 3 aliphatic rings. The Morgan fingerprint density at radius 1 is 1.31 bits per heavy atom. The SMILES string of the molecule is COC(=O)N1Cc2cc(Cl)ccc2-n2c(nnc2C2CC3(CNC3)C2)C1. The summed E-state index contributed by atoms with van der Waals surface area (Å²) in [7, 11) is 1.39. The number of carbonyl (C=O) groups is 1. The number of carbonyl (C=O) groups excluding carboxylic acids is 1. The van der Waals surface area contributed by atoms with Gasteiger partial charge in [-0.1, -0.05) is 11.6 Å². The Morgan fingerprint density at radius 3 is 2.81 bits per heavy atom. The van der Waals surface area contributed by atoms with Gasteiger partial charge in [0, 0.05) is 24.0 Å². The summed E-state index contributed by atoms with van der Waals surface area (Å²) in [5, 5.41) is 12.9. The molecule has 3 heterocycles. The van der Waals surface area contributed by atoms with Crippen LogP contribution in [0.3, 0.4) is 0 Å². The van der Waals surface area contributed by atoms with Gasteiger partial charge >= 0.3 is 6.09 Å². The van der Waals surface area contributed by atoms with Crippen molar-refractivity contribution in [3.63, 3.8) is 0 Å². The van der Waals surface area contributed by atoms with E-state index in [2.05, 4.69) is 20.1 Å². The van der Waals surface area contributed by atoms with E-state index in [-0.39, 0.29) is 6.09 Å². The Kier molecular flexibility index (Phi) is 3.52. The molecule has 2 aromatic rings. The van der Waals surface area contributed by atoms with Crippen molar-refractivity contribution in [2.75, 3.05) is 20.2 Å². The smallest absolute Gasteiger partial charge is 0.410 e. The van der Waals surface area contributed by atoms with E-state index in [0.29, 0.717) is 29.4 Å². The fraction of sp³-hybridized carbons (Fsp3) is 0.500. The van der Waals surface area contributed by atoms with E-state index in [4.69, 9.17) is 16.3 Å². The Labute approximate surface area is 156 Å². The quantitative estimate of drug-likeness (QED) is 0.831. The number of rotatable bonds is 1. The van der Waals surface area contributed by atoms with Gasteiger partial charge < -0.3 is 10.1 Å². The first-order valence-electron chi connectivity index (χ1n) is 8.85. The van der Waals surface area contributed by atoms with Crippen LogP contribution in [0.25, 0.3) is 5.69 Å². The average molecular weight is 374 g/mol. The maximum absolute atomic E-state index is 12.2. The predicted octanol–water partition coefficient (Wildman–Crippen LogP) is 2.47. The van der Waals surface area contributed by atoms with Crippen LogP contribution in [0.15, 0.2) is 18.2 Å². The molecular weight excluding hydrogens is 354 g/mol.